The molecule has 52 heavy (non-hydrogen) atoms. The summed E-state index contributed by atoms with van der Waals surface area (Å²) in [4.78, 5) is 1.22. The molecule has 0 aliphatic carbocycles. The van der Waals surface area contributed by atoms with E-state index >= 15 is 0 Å². The highest BCUT2D eigenvalue weighted by atomic mass is 19.2. The van der Waals surface area contributed by atoms with Crippen LogP contribution in [0.1, 0.15) is 0 Å². The molecule has 0 aliphatic rings. The summed E-state index contributed by atoms with van der Waals surface area (Å²) < 4.78 is 211. The summed E-state index contributed by atoms with van der Waals surface area (Å²) in [5, 5.41) is 0. The fourth-order valence-electron chi connectivity index (χ4n) is 5.35. The maximum Gasteiger partial charge on any atom is 0.200 e. The first-order valence-corrected chi connectivity index (χ1v) is 14.2. The van der Waals surface area contributed by atoms with E-state index in [9.17, 15) is 65.9 Å². The Morgan fingerprint density at radius 2 is 0.365 bits per heavy atom. The van der Waals surface area contributed by atoms with Gasteiger partial charge in [-0.3, -0.25) is 0 Å². The number of hydrogen-bond donors (Lipinski definition) is 0. The maximum absolute atomic E-state index is 14.5. The molecule has 0 amide bonds. The van der Waals surface area contributed by atoms with Gasteiger partial charge in [-0.2, -0.15) is 0 Å². The van der Waals surface area contributed by atoms with E-state index in [1.54, 1.807) is 0 Å². The van der Waals surface area contributed by atoms with Gasteiger partial charge in [-0.15, -0.1) is 0 Å². The van der Waals surface area contributed by atoms with Crippen molar-refractivity contribution in [2.24, 2.45) is 0 Å². The predicted molar refractivity (Wildman–Crippen MR) is 157 cm³/mol. The number of nitrogens with zero attached hydrogens (tertiary/aromatic N) is 1. The Labute approximate surface area is 281 Å². The zero-order valence-electron chi connectivity index (χ0n) is 25.0. The molecule has 0 aliphatic heterocycles. The molecule has 1 nitrogen and oxygen atoms in total. The number of halogens is 15. The van der Waals surface area contributed by atoms with Crippen LogP contribution in [0.25, 0.3) is 33.4 Å². The molecular formula is C36H12F15N. The number of benzene rings is 6. The van der Waals surface area contributed by atoms with Crippen LogP contribution in [0.4, 0.5) is 82.9 Å². The Bertz CT molecular complexity index is 2040. The van der Waals surface area contributed by atoms with Crippen molar-refractivity contribution in [2.45, 2.75) is 0 Å². The van der Waals surface area contributed by atoms with Gasteiger partial charge in [0.05, 0.1) is 16.7 Å². The third kappa shape index (κ3) is 5.67. The Kier molecular flexibility index (Phi) is 9.19. The lowest BCUT2D eigenvalue weighted by atomic mass is 10.0. The van der Waals surface area contributed by atoms with Gasteiger partial charge in [0.15, 0.2) is 69.8 Å². The van der Waals surface area contributed by atoms with Gasteiger partial charge in [0.25, 0.3) is 0 Å². The minimum atomic E-state index is -2.40. The standard InChI is InChI=1S/C36H12F15N/c37-22-19(23(38)29(44)34(49)28(22)43)13-1-7-16(8-2-13)52(17-9-3-14(4-10-17)20-24(39)30(45)35(50)31(46)25(20)40)18-11-5-15(6-12-18)21-26(41)32(47)36(51)33(48)27(21)42/h1-12H. The summed E-state index contributed by atoms with van der Waals surface area (Å²) in [7, 11) is 0. The van der Waals surface area contributed by atoms with E-state index in [1.165, 1.54) is 4.90 Å². The van der Waals surface area contributed by atoms with E-state index in [1.807, 2.05) is 0 Å². The van der Waals surface area contributed by atoms with Crippen LogP contribution in [0.5, 0.6) is 0 Å². The summed E-state index contributed by atoms with van der Waals surface area (Å²) >= 11 is 0. The molecule has 16 heteroatoms. The minimum Gasteiger partial charge on any atom is -0.311 e. The van der Waals surface area contributed by atoms with Gasteiger partial charge < -0.3 is 4.90 Å². The SMILES string of the molecule is Fc1c(F)c(F)c(-c2ccc(N(c3ccc(-c4c(F)c(F)c(F)c(F)c4F)cc3)c3ccc(-c4c(F)c(F)c(F)c(F)c4F)cc3)cc2)c(F)c1F. The molecule has 0 bridgehead atoms. The van der Waals surface area contributed by atoms with Crippen LogP contribution in [-0.4, -0.2) is 0 Å². The highest BCUT2D eigenvalue weighted by Crippen LogP contribution is 2.41. The molecule has 0 aromatic heterocycles. The summed E-state index contributed by atoms with van der Waals surface area (Å²) in [6.45, 7) is 0. The van der Waals surface area contributed by atoms with Gasteiger partial charge >= 0.3 is 0 Å². The van der Waals surface area contributed by atoms with Crippen LogP contribution in [0.2, 0.25) is 0 Å². The van der Waals surface area contributed by atoms with Crippen molar-refractivity contribution in [3.63, 3.8) is 0 Å². The van der Waals surface area contributed by atoms with E-state index in [0.29, 0.717) is 0 Å². The summed E-state index contributed by atoms with van der Waals surface area (Å²) in [5.74, 6) is -33.4. The van der Waals surface area contributed by atoms with Crippen LogP contribution in [0, 0.1) is 87.3 Å². The molecule has 0 saturated carbocycles. The zero-order valence-corrected chi connectivity index (χ0v) is 25.0. The van der Waals surface area contributed by atoms with Crippen molar-refractivity contribution in [1.29, 1.82) is 0 Å². The number of hydrogen-bond acceptors (Lipinski definition) is 1. The Balaban J connectivity index is 1.48. The van der Waals surface area contributed by atoms with Crippen molar-refractivity contribution in [2.75, 3.05) is 4.90 Å². The normalized spacial score (nSPS) is 11.4. The molecule has 0 saturated heterocycles. The Morgan fingerprint density at radius 1 is 0.212 bits per heavy atom. The van der Waals surface area contributed by atoms with E-state index in [0.717, 1.165) is 72.8 Å². The second-order valence-electron chi connectivity index (χ2n) is 10.8. The van der Waals surface area contributed by atoms with Gasteiger partial charge in [0.2, 0.25) is 17.5 Å². The lowest BCUT2D eigenvalue weighted by molar-refractivity contribution is 0.381. The van der Waals surface area contributed by atoms with E-state index in [-0.39, 0.29) is 17.1 Å². The second-order valence-corrected chi connectivity index (χ2v) is 10.8. The van der Waals surface area contributed by atoms with Crippen LogP contribution in [0.15, 0.2) is 72.8 Å². The third-order valence-electron chi connectivity index (χ3n) is 7.87. The lowest BCUT2D eigenvalue weighted by Gasteiger charge is -2.26. The molecular weight excluding hydrogens is 731 g/mol. The number of anilines is 3. The molecule has 0 unspecified atom stereocenters. The molecule has 0 atom stereocenters. The smallest absolute Gasteiger partial charge is 0.200 e. The molecule has 0 fully saturated rings. The summed E-state index contributed by atoms with van der Waals surface area (Å²) in [6, 6.07) is 12.2. The number of rotatable bonds is 6. The lowest BCUT2D eigenvalue weighted by Crippen LogP contribution is -2.10. The fraction of sp³-hybridized carbons (Fsp3) is 0. The van der Waals surface area contributed by atoms with Gasteiger partial charge in [-0.05, 0) is 53.1 Å². The van der Waals surface area contributed by atoms with Gasteiger partial charge in [-0.1, -0.05) is 36.4 Å². The van der Waals surface area contributed by atoms with Crippen LogP contribution in [0.3, 0.4) is 0 Å². The molecule has 6 aromatic rings. The first kappa shape index (κ1) is 35.9. The third-order valence-corrected chi connectivity index (χ3v) is 7.87. The maximum atomic E-state index is 14.5. The monoisotopic (exact) mass is 743 g/mol. The van der Waals surface area contributed by atoms with Crippen molar-refractivity contribution in [3.05, 3.63) is 160 Å². The van der Waals surface area contributed by atoms with E-state index in [4.69, 9.17) is 0 Å². The average Bonchev–Trinajstić information content (AvgIpc) is 3.15. The Morgan fingerprint density at radius 3 is 0.538 bits per heavy atom. The average molecular weight is 743 g/mol. The fourth-order valence-corrected chi connectivity index (χ4v) is 5.35. The highest BCUT2D eigenvalue weighted by molar-refractivity contribution is 5.81. The van der Waals surface area contributed by atoms with Crippen LogP contribution in [-0.2, 0) is 0 Å². The second kappa shape index (κ2) is 13.3. The topological polar surface area (TPSA) is 3.24 Å². The van der Waals surface area contributed by atoms with Crippen molar-refractivity contribution in [3.8, 4) is 33.4 Å². The first-order chi connectivity index (χ1) is 24.6. The molecule has 0 radical (unpaired) electrons. The molecule has 0 spiro atoms. The van der Waals surface area contributed by atoms with Gasteiger partial charge in [0.1, 0.15) is 0 Å². The van der Waals surface area contributed by atoms with Crippen LogP contribution >= 0.6 is 0 Å². The summed E-state index contributed by atoms with van der Waals surface area (Å²) in [6.07, 6.45) is 0. The Hall–Kier alpha value is -5.93. The van der Waals surface area contributed by atoms with Crippen molar-refractivity contribution < 1.29 is 65.9 Å². The van der Waals surface area contributed by atoms with Gasteiger partial charge in [0, 0.05) is 17.1 Å². The highest BCUT2D eigenvalue weighted by Gasteiger charge is 2.29. The molecule has 6 rings (SSSR count). The van der Waals surface area contributed by atoms with Gasteiger partial charge in [-0.25, -0.2) is 65.9 Å². The van der Waals surface area contributed by atoms with Crippen molar-refractivity contribution in [1.82, 2.24) is 0 Å². The molecule has 0 N–H and O–H groups in total. The van der Waals surface area contributed by atoms with E-state index in [2.05, 4.69) is 0 Å². The first-order valence-electron chi connectivity index (χ1n) is 14.2. The molecule has 266 valence electrons. The summed E-state index contributed by atoms with van der Waals surface area (Å²) in [5.41, 5.74) is -5.35. The van der Waals surface area contributed by atoms with Crippen molar-refractivity contribution >= 4 is 17.1 Å². The van der Waals surface area contributed by atoms with E-state index < -0.39 is 121 Å². The van der Waals surface area contributed by atoms with Crippen LogP contribution < -0.4 is 4.90 Å². The molecule has 0 heterocycles. The molecule has 6 aromatic carbocycles. The zero-order chi connectivity index (χ0) is 37.9. The minimum absolute atomic E-state index is 0.000543. The largest absolute Gasteiger partial charge is 0.311 e. The predicted octanol–water partition coefficient (Wildman–Crippen LogP) is 12.2. The quantitative estimate of drug-likeness (QED) is 0.0933.